The molecule has 0 fully saturated rings. The molecule has 0 N–H and O–H groups in total. The van der Waals surface area contributed by atoms with Crippen molar-refractivity contribution in [2.24, 2.45) is 0 Å². The molecule has 54 valence electrons. The third kappa shape index (κ3) is 3.44. The highest BCUT2D eigenvalue weighted by Gasteiger charge is 2.14. The van der Waals surface area contributed by atoms with Gasteiger partial charge in [0.05, 0.1) is 4.83 Å². The fourth-order valence-corrected chi connectivity index (χ4v) is 0.746. The Hall–Kier alpha value is 0.740. The number of rotatable bonds is 2. The van der Waals surface area contributed by atoms with Gasteiger partial charge in [-0.2, -0.15) is 8.78 Å². The number of hydrogen-bond acceptors (Lipinski definition) is 0. The molecule has 0 heterocycles. The Bertz CT molecular complexity index is 121. The van der Waals surface area contributed by atoms with E-state index in [1.807, 2.05) is 22.6 Å². The lowest BCUT2D eigenvalue weighted by atomic mass is 10.4. The summed E-state index contributed by atoms with van der Waals surface area (Å²) in [7, 11) is 0. The number of allylic oxidation sites excluding steroid dienone is 1. The smallest absolute Gasteiger partial charge is 0.205 e. The molecule has 0 spiro atoms. The molecule has 0 aromatic carbocycles. The molecule has 0 bridgehead atoms. The lowest BCUT2D eigenvalue weighted by Crippen LogP contribution is -1.99. The van der Waals surface area contributed by atoms with Crippen LogP contribution in [0, 0.1) is 0 Å². The summed E-state index contributed by atoms with van der Waals surface area (Å²) in [6.07, 6.45) is -2.24. The highest BCUT2D eigenvalue weighted by molar-refractivity contribution is 14.1. The Morgan fingerprint density at radius 1 is 1.44 bits per heavy atom. The fraction of sp³-hybridized carbons (Fsp3) is 0.500. The Kier molecular flexibility index (Phi) is 4.91. The molecule has 0 nitrogen and oxygen atoms in total. The van der Waals surface area contributed by atoms with Crippen LogP contribution >= 0.6 is 38.5 Å². The van der Waals surface area contributed by atoms with Crippen molar-refractivity contribution in [3.8, 4) is 0 Å². The maximum Gasteiger partial charge on any atom is 0.302 e. The molecule has 1 unspecified atom stereocenters. The maximum absolute atomic E-state index is 12.0. The van der Waals surface area contributed by atoms with Gasteiger partial charge in [0.1, 0.15) is 0 Å². The van der Waals surface area contributed by atoms with Crippen LogP contribution in [0.4, 0.5) is 13.2 Å². The van der Waals surface area contributed by atoms with Gasteiger partial charge in [0, 0.05) is 4.43 Å². The van der Waals surface area contributed by atoms with E-state index in [9.17, 15) is 13.2 Å². The van der Waals surface area contributed by atoms with Gasteiger partial charge in [-0.25, -0.2) is 4.39 Å². The molecule has 0 radical (unpaired) electrons. The van der Waals surface area contributed by atoms with Crippen molar-refractivity contribution in [2.75, 3.05) is 4.43 Å². The molecule has 9 heavy (non-hydrogen) atoms. The first kappa shape index (κ1) is 9.74. The molecule has 0 saturated heterocycles. The van der Waals surface area contributed by atoms with Crippen LogP contribution in [0.3, 0.4) is 0 Å². The second-order valence-electron chi connectivity index (χ2n) is 1.23. The highest BCUT2D eigenvalue weighted by atomic mass is 127. The largest absolute Gasteiger partial charge is 0.302 e. The minimum absolute atomic E-state index is 0.293. The van der Waals surface area contributed by atoms with E-state index < -0.39 is 16.7 Å². The third-order valence-electron chi connectivity index (χ3n) is 0.591. The lowest BCUT2D eigenvalue weighted by Gasteiger charge is -1.98. The zero-order chi connectivity index (χ0) is 7.44. The van der Waals surface area contributed by atoms with Gasteiger partial charge in [0.2, 0.25) is 0 Å². The van der Waals surface area contributed by atoms with E-state index in [0.717, 1.165) is 0 Å². The van der Waals surface area contributed by atoms with Crippen LogP contribution in [0.2, 0.25) is 0 Å². The van der Waals surface area contributed by atoms with Crippen LogP contribution in [-0.4, -0.2) is 9.25 Å². The number of alkyl halides is 2. The Morgan fingerprint density at radius 3 is 2.00 bits per heavy atom. The molecular formula is C4H3BrF3I. The minimum atomic E-state index is -2.24. The molecule has 0 rings (SSSR count). The monoisotopic (exact) mass is 314 g/mol. The van der Waals surface area contributed by atoms with Crippen molar-refractivity contribution in [2.45, 2.75) is 4.83 Å². The topological polar surface area (TPSA) is 0 Å². The average molecular weight is 315 g/mol. The minimum Gasteiger partial charge on any atom is -0.205 e. The summed E-state index contributed by atoms with van der Waals surface area (Å²) >= 11 is 4.53. The zero-order valence-corrected chi connectivity index (χ0v) is 7.92. The van der Waals surface area contributed by atoms with Crippen LogP contribution in [0.1, 0.15) is 0 Å². The molecule has 0 aliphatic heterocycles. The molecule has 0 aromatic rings. The second kappa shape index (κ2) is 4.54. The van der Waals surface area contributed by atoms with E-state index in [0.29, 0.717) is 4.43 Å². The molecule has 0 aromatic heterocycles. The quantitative estimate of drug-likeness (QED) is 0.542. The predicted molar refractivity (Wildman–Crippen MR) is 42.0 cm³/mol. The summed E-state index contributed by atoms with van der Waals surface area (Å²) in [5, 5.41) is 0. The normalized spacial score (nSPS) is 13.0. The van der Waals surface area contributed by atoms with Gasteiger partial charge >= 0.3 is 6.08 Å². The van der Waals surface area contributed by atoms with E-state index in [4.69, 9.17) is 0 Å². The first-order valence-corrected chi connectivity index (χ1v) is 4.44. The van der Waals surface area contributed by atoms with E-state index in [2.05, 4.69) is 15.9 Å². The van der Waals surface area contributed by atoms with Crippen molar-refractivity contribution >= 4 is 38.5 Å². The first-order chi connectivity index (χ1) is 4.09. The molecule has 0 saturated carbocycles. The van der Waals surface area contributed by atoms with Crippen LogP contribution in [0.15, 0.2) is 11.9 Å². The van der Waals surface area contributed by atoms with Crippen molar-refractivity contribution in [3.63, 3.8) is 0 Å². The van der Waals surface area contributed by atoms with Crippen molar-refractivity contribution in [1.82, 2.24) is 0 Å². The van der Waals surface area contributed by atoms with Gasteiger partial charge in [-0.05, 0) is 0 Å². The van der Waals surface area contributed by atoms with Crippen LogP contribution < -0.4 is 0 Å². The Morgan fingerprint density at radius 2 is 1.89 bits per heavy atom. The molecular weight excluding hydrogens is 312 g/mol. The van der Waals surface area contributed by atoms with Gasteiger partial charge in [-0.3, -0.25) is 0 Å². The number of halogens is 5. The maximum atomic E-state index is 12.0. The van der Waals surface area contributed by atoms with Gasteiger partial charge in [0.25, 0.3) is 0 Å². The van der Waals surface area contributed by atoms with Crippen molar-refractivity contribution in [1.29, 1.82) is 0 Å². The van der Waals surface area contributed by atoms with Gasteiger partial charge < -0.3 is 0 Å². The van der Waals surface area contributed by atoms with E-state index >= 15 is 0 Å². The lowest BCUT2D eigenvalue weighted by molar-refractivity contribution is 0.376. The predicted octanol–water partition coefficient (Wildman–Crippen LogP) is 3.26. The summed E-state index contributed by atoms with van der Waals surface area (Å²) < 4.78 is 35.0. The van der Waals surface area contributed by atoms with E-state index in [1.165, 1.54) is 0 Å². The highest BCUT2D eigenvalue weighted by Crippen LogP contribution is 2.21. The Labute approximate surface area is 72.8 Å². The molecule has 1 atom stereocenters. The third-order valence-corrected chi connectivity index (χ3v) is 3.41. The standard InChI is InChI=1S/C4H3BrF3I/c5-2(1-9)3(6)4(7)8/h2H,1H2. The van der Waals surface area contributed by atoms with Crippen molar-refractivity contribution in [3.05, 3.63) is 11.9 Å². The Balaban J connectivity index is 4.02. The molecule has 5 heteroatoms. The van der Waals surface area contributed by atoms with Crippen LogP contribution in [-0.2, 0) is 0 Å². The van der Waals surface area contributed by atoms with E-state index in [1.54, 1.807) is 0 Å². The molecule has 0 aliphatic rings. The summed E-state index contributed by atoms with van der Waals surface area (Å²) in [6.45, 7) is 0. The first-order valence-electron chi connectivity index (χ1n) is 2.00. The number of hydrogen-bond donors (Lipinski definition) is 0. The van der Waals surface area contributed by atoms with Crippen LogP contribution in [0.5, 0.6) is 0 Å². The van der Waals surface area contributed by atoms with Gasteiger partial charge in [0.15, 0.2) is 5.83 Å². The summed E-state index contributed by atoms with van der Waals surface area (Å²) in [6, 6.07) is 0. The van der Waals surface area contributed by atoms with E-state index in [-0.39, 0.29) is 0 Å². The summed E-state index contributed by atoms with van der Waals surface area (Å²) in [5.74, 6) is -1.37. The molecule has 0 aliphatic carbocycles. The summed E-state index contributed by atoms with van der Waals surface area (Å²) in [5.41, 5.74) is 0. The zero-order valence-electron chi connectivity index (χ0n) is 4.17. The average Bonchev–Trinajstić information content (AvgIpc) is 1.84. The SMILES string of the molecule is FC(F)=C(F)C(Br)CI. The van der Waals surface area contributed by atoms with Gasteiger partial charge in [-0.1, -0.05) is 38.5 Å². The second-order valence-corrected chi connectivity index (χ2v) is 3.22. The molecule has 0 amide bonds. The van der Waals surface area contributed by atoms with Crippen LogP contribution in [0.25, 0.3) is 0 Å². The fourth-order valence-electron chi connectivity index (χ4n) is 0.186. The van der Waals surface area contributed by atoms with Crippen molar-refractivity contribution < 1.29 is 13.2 Å². The van der Waals surface area contributed by atoms with Gasteiger partial charge in [-0.15, -0.1) is 0 Å². The summed E-state index contributed by atoms with van der Waals surface area (Å²) in [4.78, 5) is -0.844.